The smallest absolute Gasteiger partial charge is 0.343 e. The first-order chi connectivity index (χ1) is 19.2. The van der Waals surface area contributed by atoms with E-state index >= 15 is 0 Å². The maximum Gasteiger partial charge on any atom is 0.343 e. The molecule has 0 atom stereocenters. The number of carbonyl (C=O) groups is 2. The number of benzene rings is 2. The van der Waals surface area contributed by atoms with Gasteiger partial charge in [0, 0.05) is 10.4 Å². The van der Waals surface area contributed by atoms with E-state index in [2.05, 4.69) is 6.92 Å². The zero-order chi connectivity index (χ0) is 27.5. The van der Waals surface area contributed by atoms with Crippen molar-refractivity contribution >= 4 is 29.2 Å². The van der Waals surface area contributed by atoms with Crippen molar-refractivity contribution in [2.75, 3.05) is 6.61 Å². The second-order valence-corrected chi connectivity index (χ2v) is 10.9. The number of hydrogen-bond donors (Lipinski definition) is 0. The zero-order valence-corrected chi connectivity index (χ0v) is 24.1. The van der Waals surface area contributed by atoms with Crippen molar-refractivity contribution in [3.05, 3.63) is 88.1 Å². The molecule has 0 amide bonds. The van der Waals surface area contributed by atoms with E-state index in [9.17, 15) is 9.59 Å². The molecule has 0 unspecified atom stereocenters. The van der Waals surface area contributed by atoms with E-state index < -0.39 is 5.97 Å². The lowest BCUT2D eigenvalue weighted by Crippen LogP contribution is -2.08. The van der Waals surface area contributed by atoms with Crippen LogP contribution >= 0.6 is 11.3 Å². The van der Waals surface area contributed by atoms with Crippen molar-refractivity contribution < 1.29 is 19.1 Å². The Morgan fingerprint density at radius 1 is 0.692 bits per heavy atom. The second kappa shape index (κ2) is 18.2. The van der Waals surface area contributed by atoms with Crippen LogP contribution < -0.4 is 9.47 Å². The van der Waals surface area contributed by atoms with E-state index in [1.807, 2.05) is 17.5 Å². The summed E-state index contributed by atoms with van der Waals surface area (Å²) in [6.07, 6.45) is 19.2. The SMILES string of the molecule is CCCCCCCCCCCCCCOc1ccc(C(=O)Oc2ccc(C(=O)/C=C/c3cccs3)cc2)cc1. The Bertz CT molecular complexity index is 1120. The van der Waals surface area contributed by atoms with Crippen LogP contribution in [0.1, 0.15) is 110 Å². The molecule has 0 aliphatic carbocycles. The molecule has 0 spiro atoms. The third-order valence-electron chi connectivity index (χ3n) is 6.65. The normalized spacial score (nSPS) is 11.1. The van der Waals surface area contributed by atoms with Crippen molar-refractivity contribution in [2.24, 2.45) is 0 Å². The van der Waals surface area contributed by atoms with E-state index in [0.717, 1.165) is 17.0 Å². The molecular formula is C34H42O4S. The highest BCUT2D eigenvalue weighted by Crippen LogP contribution is 2.19. The number of unbranched alkanes of at least 4 members (excludes halogenated alkanes) is 11. The Hall–Kier alpha value is -3.18. The van der Waals surface area contributed by atoms with Crippen molar-refractivity contribution in [2.45, 2.75) is 84.0 Å². The van der Waals surface area contributed by atoms with Gasteiger partial charge in [-0.1, -0.05) is 83.6 Å². The standard InChI is InChI=1S/C34H42O4S/c1-2-3-4-5-6-7-8-9-10-11-12-13-26-37-30-20-18-29(19-21-30)34(36)38-31-22-16-28(17-23-31)33(35)25-24-32-15-14-27-39-32/h14-25,27H,2-13,26H2,1H3/b25-24+. The average Bonchev–Trinajstić information content (AvgIpc) is 3.49. The van der Waals surface area contributed by atoms with Gasteiger partial charge in [0.15, 0.2) is 5.78 Å². The summed E-state index contributed by atoms with van der Waals surface area (Å²) in [7, 11) is 0. The second-order valence-electron chi connectivity index (χ2n) is 9.89. The summed E-state index contributed by atoms with van der Waals surface area (Å²) in [6, 6.07) is 17.5. The Balaban J connectivity index is 1.28. The van der Waals surface area contributed by atoms with Crippen LogP contribution in [0.2, 0.25) is 0 Å². The summed E-state index contributed by atoms with van der Waals surface area (Å²) in [5.74, 6) is 0.610. The minimum Gasteiger partial charge on any atom is -0.494 e. The van der Waals surface area contributed by atoms with E-state index in [4.69, 9.17) is 9.47 Å². The third kappa shape index (κ3) is 12.0. The fourth-order valence-electron chi connectivity index (χ4n) is 4.31. The molecule has 208 valence electrons. The maximum absolute atomic E-state index is 12.5. The first-order valence-corrected chi connectivity index (χ1v) is 15.3. The predicted octanol–water partition coefficient (Wildman–Crippen LogP) is 9.94. The minimum absolute atomic E-state index is 0.0969. The molecule has 3 aromatic rings. The molecule has 39 heavy (non-hydrogen) atoms. The van der Waals surface area contributed by atoms with Crippen LogP contribution in [0, 0.1) is 0 Å². The molecule has 2 aromatic carbocycles. The number of ketones is 1. The van der Waals surface area contributed by atoms with Crippen LogP contribution in [0.4, 0.5) is 0 Å². The van der Waals surface area contributed by atoms with Gasteiger partial charge in [0.2, 0.25) is 0 Å². The molecule has 0 bridgehead atoms. The summed E-state index contributed by atoms with van der Waals surface area (Å²) in [5, 5.41) is 1.97. The Kier molecular flexibility index (Phi) is 14.1. The largest absolute Gasteiger partial charge is 0.494 e. The van der Waals surface area contributed by atoms with E-state index in [-0.39, 0.29) is 5.78 Å². The summed E-state index contributed by atoms with van der Waals surface area (Å²) < 4.78 is 11.3. The molecule has 0 saturated carbocycles. The van der Waals surface area contributed by atoms with Crippen molar-refractivity contribution in [3.8, 4) is 11.5 Å². The monoisotopic (exact) mass is 546 g/mol. The summed E-state index contributed by atoms with van der Waals surface area (Å²) >= 11 is 1.57. The van der Waals surface area contributed by atoms with Crippen LogP contribution in [-0.2, 0) is 0 Å². The zero-order valence-electron chi connectivity index (χ0n) is 23.2. The van der Waals surface area contributed by atoms with Gasteiger partial charge in [-0.3, -0.25) is 4.79 Å². The Morgan fingerprint density at radius 2 is 1.26 bits per heavy atom. The highest BCUT2D eigenvalue weighted by atomic mass is 32.1. The fraction of sp³-hybridized carbons (Fsp3) is 0.412. The first-order valence-electron chi connectivity index (χ1n) is 14.5. The maximum atomic E-state index is 12.5. The van der Waals surface area contributed by atoms with Crippen molar-refractivity contribution in [1.82, 2.24) is 0 Å². The lowest BCUT2D eigenvalue weighted by molar-refractivity contribution is 0.0734. The predicted molar refractivity (Wildman–Crippen MR) is 162 cm³/mol. The molecule has 0 aliphatic heterocycles. The van der Waals surface area contributed by atoms with Crippen LogP contribution in [0.15, 0.2) is 72.1 Å². The minimum atomic E-state index is -0.445. The van der Waals surface area contributed by atoms with Gasteiger partial charge in [0.25, 0.3) is 0 Å². The highest BCUT2D eigenvalue weighted by Gasteiger charge is 2.10. The number of hydrogen-bond acceptors (Lipinski definition) is 5. The molecule has 5 heteroatoms. The number of carbonyl (C=O) groups excluding carboxylic acids is 2. The summed E-state index contributed by atoms with van der Waals surface area (Å²) in [5.41, 5.74) is 0.990. The van der Waals surface area contributed by atoms with Crippen LogP contribution in [0.5, 0.6) is 11.5 Å². The van der Waals surface area contributed by atoms with Gasteiger partial charge in [0.1, 0.15) is 11.5 Å². The van der Waals surface area contributed by atoms with Crippen molar-refractivity contribution in [1.29, 1.82) is 0 Å². The fourth-order valence-corrected chi connectivity index (χ4v) is 4.93. The topological polar surface area (TPSA) is 52.6 Å². The molecule has 0 fully saturated rings. The molecule has 0 saturated heterocycles. The van der Waals surface area contributed by atoms with Gasteiger partial charge in [-0.25, -0.2) is 4.79 Å². The van der Waals surface area contributed by atoms with E-state index in [1.165, 1.54) is 70.6 Å². The van der Waals surface area contributed by atoms with Crippen molar-refractivity contribution in [3.63, 3.8) is 0 Å². The van der Waals surface area contributed by atoms with Gasteiger partial charge in [0.05, 0.1) is 12.2 Å². The number of ether oxygens (including phenoxy) is 2. The van der Waals surface area contributed by atoms with Crippen LogP contribution in [0.3, 0.4) is 0 Å². The molecule has 1 aromatic heterocycles. The first kappa shape index (κ1) is 30.4. The lowest BCUT2D eigenvalue weighted by Gasteiger charge is -2.08. The molecular weight excluding hydrogens is 504 g/mol. The molecule has 0 aliphatic rings. The van der Waals surface area contributed by atoms with Gasteiger partial charge in [-0.2, -0.15) is 0 Å². The van der Waals surface area contributed by atoms with Crippen LogP contribution in [0.25, 0.3) is 6.08 Å². The van der Waals surface area contributed by atoms with Gasteiger partial charge in [-0.15, -0.1) is 11.3 Å². The number of allylic oxidation sites excluding steroid dienone is 1. The molecule has 0 N–H and O–H groups in total. The van der Waals surface area contributed by atoms with Gasteiger partial charge < -0.3 is 9.47 Å². The highest BCUT2D eigenvalue weighted by molar-refractivity contribution is 7.10. The molecule has 3 rings (SSSR count). The van der Waals surface area contributed by atoms with E-state index in [0.29, 0.717) is 23.5 Å². The van der Waals surface area contributed by atoms with Gasteiger partial charge >= 0.3 is 5.97 Å². The number of thiophene rings is 1. The molecule has 4 nitrogen and oxygen atoms in total. The number of esters is 1. The van der Waals surface area contributed by atoms with E-state index in [1.54, 1.807) is 72.0 Å². The Labute approximate surface area is 238 Å². The quantitative estimate of drug-likeness (QED) is 0.0493. The van der Waals surface area contributed by atoms with Gasteiger partial charge in [-0.05, 0) is 78.6 Å². The molecule has 1 heterocycles. The lowest BCUT2D eigenvalue weighted by atomic mass is 10.1. The number of rotatable bonds is 19. The third-order valence-corrected chi connectivity index (χ3v) is 7.49. The Morgan fingerprint density at radius 3 is 1.85 bits per heavy atom. The average molecular weight is 547 g/mol. The van der Waals surface area contributed by atoms with Crippen LogP contribution in [-0.4, -0.2) is 18.4 Å². The summed E-state index contributed by atoms with van der Waals surface area (Å²) in [6.45, 7) is 2.95. The molecule has 0 radical (unpaired) electrons. The summed E-state index contributed by atoms with van der Waals surface area (Å²) in [4.78, 5) is 25.9.